The lowest BCUT2D eigenvalue weighted by atomic mass is 10.1. The maximum Gasteiger partial charge on any atom is 0.340 e. The fraction of sp³-hybridized carbons (Fsp3) is 0.480. The van der Waals surface area contributed by atoms with Gasteiger partial charge in [0.05, 0.1) is 17.5 Å². The van der Waals surface area contributed by atoms with Crippen molar-refractivity contribution in [1.82, 2.24) is 24.1 Å². The van der Waals surface area contributed by atoms with E-state index in [4.69, 9.17) is 6.42 Å². The highest BCUT2D eigenvalue weighted by molar-refractivity contribution is 8.14. The number of H-pyrrole nitrogens is 1. The summed E-state index contributed by atoms with van der Waals surface area (Å²) in [4.78, 5) is 20.5. The number of fused-ring (bicyclic) bond motifs is 2. The Balaban J connectivity index is 1.35. The smallest absolute Gasteiger partial charge is 0.340 e. The predicted octanol–water partition coefficient (Wildman–Crippen LogP) is 2.66. The Hall–Kier alpha value is -3.03. The molecule has 2 amide bonds. The van der Waals surface area contributed by atoms with Crippen molar-refractivity contribution < 1.29 is 13.2 Å². The van der Waals surface area contributed by atoms with Crippen molar-refractivity contribution in [2.45, 2.75) is 48.7 Å². The molecule has 12 heteroatoms. The molecule has 3 aliphatic heterocycles. The number of thioether (sulfide) groups is 1. The number of sulfonamides is 1. The van der Waals surface area contributed by atoms with Crippen LogP contribution in [-0.4, -0.2) is 94.3 Å². The standard InChI is InChI=1S/C25H29N7O3S2/c1-4-18-7-8-21-19(14-18)15-23(27-21)37(34,35)30-12-13-31(20(16-30)6-5-10-26)25(33)32-11-9-22-24(28-32)36-17(2)29(22)3/h1,7-8,14-15,17,20,22,27H,5-6,9,11-13,16H2,2-3H3. The van der Waals surface area contributed by atoms with Crippen LogP contribution in [0.5, 0.6) is 0 Å². The van der Waals surface area contributed by atoms with E-state index in [9.17, 15) is 18.5 Å². The molecule has 1 N–H and O–H groups in total. The number of urea groups is 1. The highest BCUT2D eigenvalue weighted by Gasteiger charge is 2.42. The first-order valence-electron chi connectivity index (χ1n) is 12.2. The van der Waals surface area contributed by atoms with Crippen LogP contribution < -0.4 is 0 Å². The van der Waals surface area contributed by atoms with Gasteiger partial charge >= 0.3 is 6.03 Å². The number of aromatic nitrogens is 1. The molecule has 4 heterocycles. The zero-order valence-corrected chi connectivity index (χ0v) is 22.4. The normalized spacial score (nSPS) is 25.0. The minimum Gasteiger partial charge on any atom is -0.345 e. The maximum absolute atomic E-state index is 13.5. The third kappa shape index (κ3) is 4.71. The Morgan fingerprint density at radius 2 is 2.11 bits per heavy atom. The van der Waals surface area contributed by atoms with E-state index in [0.29, 0.717) is 29.4 Å². The third-order valence-electron chi connectivity index (χ3n) is 7.36. The van der Waals surface area contributed by atoms with E-state index in [2.05, 4.69) is 40.9 Å². The lowest BCUT2D eigenvalue weighted by Crippen LogP contribution is -2.59. The Morgan fingerprint density at radius 3 is 2.86 bits per heavy atom. The molecule has 5 rings (SSSR count). The van der Waals surface area contributed by atoms with Crippen LogP contribution in [-0.2, 0) is 10.0 Å². The fourth-order valence-electron chi connectivity index (χ4n) is 5.13. The number of nitrogens with zero attached hydrogens (tertiary/aromatic N) is 6. The van der Waals surface area contributed by atoms with E-state index >= 15 is 0 Å². The second-order valence-electron chi connectivity index (χ2n) is 9.52. The summed E-state index contributed by atoms with van der Waals surface area (Å²) in [5.41, 5.74) is 1.35. The number of amides is 2. The minimum absolute atomic E-state index is 0.0838. The van der Waals surface area contributed by atoms with Gasteiger partial charge in [0, 0.05) is 55.1 Å². The molecule has 3 aliphatic rings. The van der Waals surface area contributed by atoms with Gasteiger partial charge in [-0.2, -0.15) is 14.7 Å². The second kappa shape index (κ2) is 10.0. The Labute approximate surface area is 221 Å². The molecule has 2 aromatic rings. The summed E-state index contributed by atoms with van der Waals surface area (Å²) in [5.74, 6) is 2.56. The van der Waals surface area contributed by atoms with E-state index in [0.717, 1.165) is 16.9 Å². The molecule has 3 unspecified atom stereocenters. The number of nitriles is 1. The summed E-state index contributed by atoms with van der Waals surface area (Å²) >= 11 is 1.66. The molecule has 194 valence electrons. The lowest BCUT2D eigenvalue weighted by molar-refractivity contribution is 0.0947. The van der Waals surface area contributed by atoms with Crippen LogP contribution in [0, 0.1) is 23.7 Å². The molecule has 10 nitrogen and oxygen atoms in total. The van der Waals surface area contributed by atoms with Gasteiger partial charge in [-0.1, -0.05) is 17.7 Å². The summed E-state index contributed by atoms with van der Waals surface area (Å²) in [6, 6.07) is 8.57. The quantitative estimate of drug-likeness (QED) is 0.598. The van der Waals surface area contributed by atoms with E-state index in [-0.39, 0.29) is 43.2 Å². The molecule has 2 fully saturated rings. The number of rotatable bonds is 4. The van der Waals surface area contributed by atoms with Gasteiger partial charge in [-0.15, -0.1) is 6.42 Å². The van der Waals surface area contributed by atoms with Crippen molar-refractivity contribution in [2.75, 3.05) is 33.2 Å². The Bertz CT molecular complexity index is 1440. The van der Waals surface area contributed by atoms with Crippen LogP contribution in [0.1, 0.15) is 31.7 Å². The number of hydrazone groups is 1. The molecule has 0 spiro atoms. The fourth-order valence-corrected chi connectivity index (χ4v) is 7.86. The van der Waals surface area contributed by atoms with Crippen molar-refractivity contribution in [3.63, 3.8) is 0 Å². The topological polar surface area (TPSA) is 116 Å². The van der Waals surface area contributed by atoms with Crippen LogP contribution in [0.15, 0.2) is 34.4 Å². The molecule has 1 aromatic carbocycles. The van der Waals surface area contributed by atoms with Crippen molar-refractivity contribution in [2.24, 2.45) is 5.10 Å². The Kier molecular flexibility index (Phi) is 6.94. The zero-order valence-electron chi connectivity index (χ0n) is 20.8. The molecule has 3 atom stereocenters. The van der Waals surface area contributed by atoms with Crippen LogP contribution in [0.2, 0.25) is 0 Å². The first-order valence-corrected chi connectivity index (χ1v) is 14.6. The van der Waals surface area contributed by atoms with Gasteiger partial charge in [0.25, 0.3) is 10.0 Å². The van der Waals surface area contributed by atoms with Gasteiger partial charge in [0.2, 0.25) is 0 Å². The Morgan fingerprint density at radius 1 is 1.30 bits per heavy atom. The van der Waals surface area contributed by atoms with Crippen LogP contribution >= 0.6 is 11.8 Å². The van der Waals surface area contributed by atoms with E-state index in [1.807, 2.05) is 0 Å². The van der Waals surface area contributed by atoms with Crippen molar-refractivity contribution in [1.29, 1.82) is 5.26 Å². The number of aromatic amines is 1. The molecule has 0 bridgehead atoms. The minimum atomic E-state index is -3.84. The first kappa shape index (κ1) is 25.6. The SMILES string of the molecule is C#Cc1ccc2[nH]c(S(=O)(=O)N3CCN(C(=O)N4CCC5C(=N4)SC(C)N5C)C(CCC#N)C3)cc2c1. The van der Waals surface area contributed by atoms with Gasteiger partial charge in [0.1, 0.15) is 10.1 Å². The summed E-state index contributed by atoms with van der Waals surface area (Å²) in [7, 11) is -1.77. The number of hydrogen-bond donors (Lipinski definition) is 1. The average Bonchev–Trinajstić information content (AvgIpc) is 3.46. The number of carbonyl (C=O) groups excluding carboxylic acids is 1. The lowest BCUT2D eigenvalue weighted by Gasteiger charge is -2.42. The largest absolute Gasteiger partial charge is 0.345 e. The van der Waals surface area contributed by atoms with Crippen LogP contribution in [0.25, 0.3) is 10.9 Å². The van der Waals surface area contributed by atoms with Gasteiger partial charge in [0.15, 0.2) is 0 Å². The molecule has 0 radical (unpaired) electrons. The number of piperazine rings is 1. The summed E-state index contributed by atoms with van der Waals surface area (Å²) in [6.45, 7) is 3.12. The van der Waals surface area contributed by atoms with Crippen LogP contribution in [0.3, 0.4) is 0 Å². The molecule has 2 saturated heterocycles. The van der Waals surface area contributed by atoms with Crippen molar-refractivity contribution >= 4 is 43.8 Å². The molecule has 0 saturated carbocycles. The van der Waals surface area contributed by atoms with Crippen molar-refractivity contribution in [3.05, 3.63) is 29.8 Å². The molecule has 0 aliphatic carbocycles. The first-order chi connectivity index (χ1) is 17.7. The van der Waals surface area contributed by atoms with E-state index in [1.54, 1.807) is 40.9 Å². The third-order valence-corrected chi connectivity index (χ3v) is 10.4. The molecule has 1 aromatic heterocycles. The molecule has 37 heavy (non-hydrogen) atoms. The summed E-state index contributed by atoms with van der Waals surface area (Å²) < 4.78 is 28.5. The monoisotopic (exact) mass is 539 g/mol. The van der Waals surface area contributed by atoms with Gasteiger partial charge in [-0.05, 0) is 51.1 Å². The van der Waals surface area contributed by atoms with E-state index in [1.165, 1.54) is 9.31 Å². The van der Waals surface area contributed by atoms with Gasteiger partial charge < -0.3 is 9.88 Å². The van der Waals surface area contributed by atoms with E-state index < -0.39 is 16.1 Å². The number of hydrogen-bond acceptors (Lipinski definition) is 7. The number of carbonyl (C=O) groups is 1. The van der Waals surface area contributed by atoms with Crippen LogP contribution in [0.4, 0.5) is 4.79 Å². The van der Waals surface area contributed by atoms with Gasteiger partial charge in [-0.25, -0.2) is 18.2 Å². The average molecular weight is 540 g/mol. The zero-order chi connectivity index (χ0) is 26.3. The maximum atomic E-state index is 13.5. The number of terminal acetylenes is 1. The highest BCUT2D eigenvalue weighted by Crippen LogP contribution is 2.35. The number of nitrogens with one attached hydrogen (secondary N) is 1. The second-order valence-corrected chi connectivity index (χ2v) is 12.8. The molecular weight excluding hydrogens is 510 g/mol. The summed E-state index contributed by atoms with van der Waals surface area (Å²) in [6.07, 6.45) is 6.88. The highest BCUT2D eigenvalue weighted by atomic mass is 32.2. The summed E-state index contributed by atoms with van der Waals surface area (Å²) in [5, 5.41) is 17.4. The molecular formula is C25H29N7O3S2. The van der Waals surface area contributed by atoms with Gasteiger partial charge in [-0.3, -0.25) is 4.90 Å². The predicted molar refractivity (Wildman–Crippen MR) is 143 cm³/mol. The number of benzene rings is 1. The van der Waals surface area contributed by atoms with Crippen molar-refractivity contribution in [3.8, 4) is 18.4 Å².